The lowest BCUT2D eigenvalue weighted by Crippen LogP contribution is -2.50. The molecule has 1 aromatic heterocycles. The zero-order valence-electron chi connectivity index (χ0n) is 19.1. The number of aromatic nitrogens is 1. The van der Waals surface area contributed by atoms with Crippen LogP contribution in [0.4, 0.5) is 4.79 Å². The third-order valence-corrected chi connectivity index (χ3v) is 5.29. The van der Waals surface area contributed by atoms with Crippen molar-refractivity contribution < 1.29 is 9.53 Å². The lowest BCUT2D eigenvalue weighted by molar-refractivity contribution is 0.0148. The third-order valence-electron chi connectivity index (χ3n) is 4.46. The number of thiazole rings is 1. The maximum absolute atomic E-state index is 12.2. The first-order chi connectivity index (χ1) is 13.7. The summed E-state index contributed by atoms with van der Waals surface area (Å²) in [5, 5.41) is 6.54. The molecule has 1 fully saturated rings. The lowest BCUT2D eigenvalue weighted by Gasteiger charge is -2.35. The number of piperazine rings is 1. The number of nitrogens with one attached hydrogen (secondary N) is 1. The second kappa shape index (κ2) is 12.7. The molecule has 8 nitrogen and oxygen atoms in total. The van der Waals surface area contributed by atoms with Crippen molar-refractivity contribution in [1.29, 1.82) is 0 Å². The molecule has 0 saturated carbocycles. The van der Waals surface area contributed by atoms with Gasteiger partial charge in [-0.2, -0.15) is 0 Å². The van der Waals surface area contributed by atoms with Crippen LogP contribution >= 0.6 is 35.3 Å². The van der Waals surface area contributed by atoms with Crippen LogP contribution in [0.25, 0.3) is 0 Å². The van der Waals surface area contributed by atoms with Gasteiger partial charge in [0, 0.05) is 51.7 Å². The van der Waals surface area contributed by atoms with Gasteiger partial charge in [0.05, 0.1) is 23.8 Å². The standard InChI is InChI=1S/C20H36N6O2S.HI/c1-7-21-18(24(6)14-17-15-29-16(2)23-17)22-8-9-25-10-12-26(13-11-25)19(27)28-20(3,4)5;/h15H,7-14H2,1-6H3,(H,21,22);1H. The summed E-state index contributed by atoms with van der Waals surface area (Å²) in [6.07, 6.45) is -0.219. The Balaban J connectivity index is 0.00000450. The Labute approximate surface area is 202 Å². The molecular weight excluding hydrogens is 515 g/mol. The summed E-state index contributed by atoms with van der Waals surface area (Å²) in [6.45, 7) is 16.0. The second-order valence-electron chi connectivity index (χ2n) is 8.26. The van der Waals surface area contributed by atoms with Crippen LogP contribution in [0.15, 0.2) is 10.4 Å². The maximum Gasteiger partial charge on any atom is 0.410 e. The highest BCUT2D eigenvalue weighted by Crippen LogP contribution is 2.12. The molecule has 10 heteroatoms. The molecule has 1 saturated heterocycles. The van der Waals surface area contributed by atoms with E-state index < -0.39 is 5.60 Å². The summed E-state index contributed by atoms with van der Waals surface area (Å²) in [4.78, 5) is 27.7. The zero-order valence-corrected chi connectivity index (χ0v) is 22.3. The van der Waals surface area contributed by atoms with E-state index in [1.807, 2.05) is 34.7 Å². The summed E-state index contributed by atoms with van der Waals surface area (Å²) >= 11 is 1.67. The number of aryl methyl sites for hydroxylation is 1. The van der Waals surface area contributed by atoms with Gasteiger partial charge in [0.15, 0.2) is 5.96 Å². The second-order valence-corrected chi connectivity index (χ2v) is 9.32. The van der Waals surface area contributed by atoms with Crippen molar-refractivity contribution in [2.45, 2.75) is 46.8 Å². The third kappa shape index (κ3) is 9.34. The number of halogens is 1. The number of ether oxygens (including phenoxy) is 1. The molecule has 0 spiro atoms. The highest BCUT2D eigenvalue weighted by molar-refractivity contribution is 14.0. The average molecular weight is 553 g/mol. The lowest BCUT2D eigenvalue weighted by atomic mass is 10.2. The molecule has 0 unspecified atom stereocenters. The van der Waals surface area contributed by atoms with E-state index in [1.54, 1.807) is 16.2 Å². The van der Waals surface area contributed by atoms with E-state index in [9.17, 15) is 4.79 Å². The number of hydrogen-bond acceptors (Lipinski definition) is 6. The molecule has 0 radical (unpaired) electrons. The van der Waals surface area contributed by atoms with Gasteiger partial charge in [-0.15, -0.1) is 35.3 Å². The molecule has 1 aromatic rings. The molecule has 1 N–H and O–H groups in total. The smallest absolute Gasteiger partial charge is 0.410 e. The summed E-state index contributed by atoms with van der Waals surface area (Å²) in [6, 6.07) is 0. The first-order valence-electron chi connectivity index (χ1n) is 10.3. The number of aliphatic imine (C=N–C) groups is 1. The minimum Gasteiger partial charge on any atom is -0.444 e. The van der Waals surface area contributed by atoms with Gasteiger partial charge in [0.1, 0.15) is 5.60 Å². The number of hydrogen-bond donors (Lipinski definition) is 1. The number of carbonyl (C=O) groups is 1. The molecule has 2 rings (SSSR count). The molecule has 1 aliphatic rings. The fraction of sp³-hybridized carbons (Fsp3) is 0.750. The fourth-order valence-corrected chi connectivity index (χ4v) is 3.65. The Hall–Kier alpha value is -1.14. The van der Waals surface area contributed by atoms with Crippen LogP contribution in [-0.2, 0) is 11.3 Å². The van der Waals surface area contributed by atoms with Crippen molar-refractivity contribution >= 4 is 47.4 Å². The minimum atomic E-state index is -0.450. The van der Waals surface area contributed by atoms with E-state index in [-0.39, 0.29) is 30.1 Å². The molecule has 0 atom stereocenters. The number of nitrogens with zero attached hydrogens (tertiary/aromatic N) is 5. The highest BCUT2D eigenvalue weighted by atomic mass is 127. The number of guanidine groups is 1. The number of amides is 1. The van der Waals surface area contributed by atoms with Crippen molar-refractivity contribution in [3.63, 3.8) is 0 Å². The molecule has 1 amide bonds. The monoisotopic (exact) mass is 552 g/mol. The normalized spacial score (nSPS) is 15.5. The summed E-state index contributed by atoms with van der Waals surface area (Å²) in [5.74, 6) is 0.894. The van der Waals surface area contributed by atoms with Gasteiger partial charge in [-0.05, 0) is 34.6 Å². The molecule has 172 valence electrons. The van der Waals surface area contributed by atoms with Gasteiger partial charge >= 0.3 is 6.09 Å². The molecule has 30 heavy (non-hydrogen) atoms. The van der Waals surface area contributed by atoms with E-state index in [0.717, 1.165) is 55.9 Å². The Morgan fingerprint density at radius 2 is 2.00 bits per heavy atom. The van der Waals surface area contributed by atoms with E-state index in [1.165, 1.54) is 0 Å². The van der Waals surface area contributed by atoms with Gasteiger partial charge in [0.25, 0.3) is 0 Å². The maximum atomic E-state index is 12.2. The van der Waals surface area contributed by atoms with Gasteiger partial charge in [-0.3, -0.25) is 9.89 Å². The molecule has 0 aromatic carbocycles. The van der Waals surface area contributed by atoms with Crippen LogP contribution in [0.3, 0.4) is 0 Å². The largest absolute Gasteiger partial charge is 0.444 e. The number of carbonyl (C=O) groups excluding carboxylic acids is 1. The quantitative estimate of drug-likeness (QED) is 0.333. The first kappa shape index (κ1) is 26.9. The Kier molecular flexibility index (Phi) is 11.3. The van der Waals surface area contributed by atoms with E-state index >= 15 is 0 Å². The summed E-state index contributed by atoms with van der Waals surface area (Å²) in [7, 11) is 2.04. The minimum absolute atomic E-state index is 0. The SMILES string of the molecule is CCNC(=NCCN1CCN(C(=O)OC(C)(C)C)CC1)N(C)Cc1csc(C)n1.I. The summed E-state index contributed by atoms with van der Waals surface area (Å²) < 4.78 is 5.46. The molecule has 0 aliphatic carbocycles. The Morgan fingerprint density at radius 3 is 2.53 bits per heavy atom. The van der Waals surface area contributed by atoms with Crippen LogP contribution in [0.5, 0.6) is 0 Å². The fourth-order valence-electron chi connectivity index (χ4n) is 3.05. The topological polar surface area (TPSA) is 73.3 Å². The van der Waals surface area contributed by atoms with E-state index in [0.29, 0.717) is 13.1 Å². The molecule has 1 aliphatic heterocycles. The molecular formula is C20H37IN6O2S. The van der Waals surface area contributed by atoms with Gasteiger partial charge in [-0.1, -0.05) is 0 Å². The predicted octanol–water partition coefficient (Wildman–Crippen LogP) is 3.02. The first-order valence-corrected chi connectivity index (χ1v) is 11.2. The van der Waals surface area contributed by atoms with Crippen LogP contribution in [0.2, 0.25) is 0 Å². The Bertz CT molecular complexity index is 683. The van der Waals surface area contributed by atoms with Gasteiger partial charge < -0.3 is 19.9 Å². The summed E-state index contributed by atoms with van der Waals surface area (Å²) in [5.41, 5.74) is 0.619. The van der Waals surface area contributed by atoms with Crippen molar-refractivity contribution in [2.24, 2.45) is 4.99 Å². The van der Waals surface area contributed by atoms with Crippen LogP contribution in [0.1, 0.15) is 38.4 Å². The molecule has 0 bridgehead atoms. The zero-order chi connectivity index (χ0) is 21.4. The van der Waals surface area contributed by atoms with E-state index in [4.69, 9.17) is 9.73 Å². The van der Waals surface area contributed by atoms with Crippen molar-refractivity contribution in [3.05, 3.63) is 16.1 Å². The average Bonchev–Trinajstić information content (AvgIpc) is 3.04. The predicted molar refractivity (Wildman–Crippen MR) is 134 cm³/mol. The van der Waals surface area contributed by atoms with E-state index in [2.05, 4.69) is 32.4 Å². The van der Waals surface area contributed by atoms with Crippen LogP contribution in [-0.4, -0.2) is 90.2 Å². The van der Waals surface area contributed by atoms with Crippen molar-refractivity contribution in [1.82, 2.24) is 25.0 Å². The van der Waals surface area contributed by atoms with Gasteiger partial charge in [0.2, 0.25) is 0 Å². The van der Waals surface area contributed by atoms with Crippen LogP contribution < -0.4 is 5.32 Å². The van der Waals surface area contributed by atoms with Crippen LogP contribution in [0, 0.1) is 6.92 Å². The van der Waals surface area contributed by atoms with Gasteiger partial charge in [-0.25, -0.2) is 9.78 Å². The molecule has 2 heterocycles. The number of rotatable bonds is 6. The van der Waals surface area contributed by atoms with Crippen molar-refractivity contribution in [2.75, 3.05) is 52.9 Å². The Morgan fingerprint density at radius 1 is 1.33 bits per heavy atom. The highest BCUT2D eigenvalue weighted by Gasteiger charge is 2.25. The van der Waals surface area contributed by atoms with Crippen molar-refractivity contribution in [3.8, 4) is 0 Å².